The van der Waals surface area contributed by atoms with Crippen LogP contribution in [0, 0.1) is 13.8 Å². The van der Waals surface area contributed by atoms with Gasteiger partial charge in [0, 0.05) is 46.8 Å². The van der Waals surface area contributed by atoms with Crippen LogP contribution in [0.15, 0.2) is 18.2 Å². The second-order valence-electron chi connectivity index (χ2n) is 6.75. The molecule has 1 unspecified atom stereocenters. The van der Waals surface area contributed by atoms with Crippen molar-refractivity contribution in [2.45, 2.75) is 20.0 Å². The van der Waals surface area contributed by atoms with Gasteiger partial charge in [0.25, 0.3) is 0 Å². The van der Waals surface area contributed by atoms with Crippen LogP contribution in [0.25, 0.3) is 0 Å². The van der Waals surface area contributed by atoms with Crippen LogP contribution in [0.3, 0.4) is 0 Å². The number of piperazine rings is 1. The minimum absolute atomic E-state index is 0.0494. The predicted octanol–water partition coefficient (Wildman–Crippen LogP) is 1.34. The normalized spacial score (nSPS) is 16.8. The maximum Gasteiger partial charge on any atom is 0.319 e. The molecule has 134 valence electrons. The Kier molecular flexibility index (Phi) is 6.45. The number of benzene rings is 1. The number of hydrogen-bond acceptors (Lipinski definition) is 4. The van der Waals surface area contributed by atoms with E-state index >= 15 is 0 Å². The van der Waals surface area contributed by atoms with E-state index in [1.54, 1.807) is 19.0 Å². The van der Waals surface area contributed by atoms with Gasteiger partial charge >= 0.3 is 6.03 Å². The van der Waals surface area contributed by atoms with E-state index in [2.05, 4.69) is 11.0 Å². The highest BCUT2D eigenvalue weighted by Crippen LogP contribution is 2.16. The molecular formula is C18H29N3O3. The molecule has 1 heterocycles. The molecule has 1 aromatic rings. The molecule has 2 rings (SSSR count). The van der Waals surface area contributed by atoms with E-state index in [4.69, 9.17) is 4.74 Å². The average molecular weight is 335 g/mol. The van der Waals surface area contributed by atoms with Gasteiger partial charge in [0.1, 0.15) is 18.5 Å². The van der Waals surface area contributed by atoms with E-state index in [0.717, 1.165) is 30.0 Å². The molecule has 2 amide bonds. The highest BCUT2D eigenvalue weighted by molar-refractivity contribution is 5.73. The minimum Gasteiger partial charge on any atom is -0.491 e. The SMILES string of the molecule is Cc1cc(C)cc(OCC(O)CN2CCN(C(=O)N(C)C)CC2)c1. The lowest BCUT2D eigenvalue weighted by Crippen LogP contribution is -2.53. The Morgan fingerprint density at radius 1 is 1.17 bits per heavy atom. The van der Waals surface area contributed by atoms with Crippen molar-refractivity contribution in [3.05, 3.63) is 29.3 Å². The molecule has 1 N–H and O–H groups in total. The highest BCUT2D eigenvalue weighted by Gasteiger charge is 2.23. The maximum absolute atomic E-state index is 11.9. The van der Waals surface area contributed by atoms with Gasteiger partial charge < -0.3 is 19.6 Å². The lowest BCUT2D eigenvalue weighted by atomic mass is 10.1. The lowest BCUT2D eigenvalue weighted by molar-refractivity contribution is 0.0494. The molecule has 0 aliphatic carbocycles. The third kappa shape index (κ3) is 5.39. The van der Waals surface area contributed by atoms with E-state index in [1.807, 2.05) is 30.9 Å². The van der Waals surface area contributed by atoms with E-state index in [0.29, 0.717) is 19.6 Å². The number of aliphatic hydroxyl groups excluding tert-OH is 1. The second kappa shape index (κ2) is 8.35. The molecule has 0 radical (unpaired) electrons. The second-order valence-corrected chi connectivity index (χ2v) is 6.75. The van der Waals surface area contributed by atoms with Crippen LogP contribution in [0.4, 0.5) is 4.79 Å². The molecule has 6 nitrogen and oxygen atoms in total. The molecule has 0 saturated carbocycles. The Balaban J connectivity index is 1.73. The van der Waals surface area contributed by atoms with Gasteiger partial charge in [-0.3, -0.25) is 4.90 Å². The van der Waals surface area contributed by atoms with Crippen molar-refractivity contribution in [1.29, 1.82) is 0 Å². The third-order valence-electron chi connectivity index (χ3n) is 4.13. The van der Waals surface area contributed by atoms with Crippen LogP contribution in [0.1, 0.15) is 11.1 Å². The summed E-state index contributed by atoms with van der Waals surface area (Å²) in [5.41, 5.74) is 2.31. The topological polar surface area (TPSA) is 56.3 Å². The molecule has 1 aromatic carbocycles. The summed E-state index contributed by atoms with van der Waals surface area (Å²) in [5, 5.41) is 10.2. The zero-order valence-corrected chi connectivity index (χ0v) is 15.2. The first-order chi connectivity index (χ1) is 11.3. The number of β-amino-alcohol motifs (C(OH)–C–C–N with tert-alkyl or cyclic N) is 1. The zero-order valence-electron chi connectivity index (χ0n) is 15.2. The van der Waals surface area contributed by atoms with Gasteiger partial charge in [0.2, 0.25) is 0 Å². The fraction of sp³-hybridized carbons (Fsp3) is 0.611. The monoisotopic (exact) mass is 335 g/mol. The molecule has 6 heteroatoms. The number of carbonyl (C=O) groups excluding carboxylic acids is 1. The van der Waals surface area contributed by atoms with Crippen LogP contribution in [0.2, 0.25) is 0 Å². The van der Waals surface area contributed by atoms with Gasteiger partial charge in [0.05, 0.1) is 0 Å². The summed E-state index contributed by atoms with van der Waals surface area (Å²) in [6, 6.07) is 6.10. The van der Waals surface area contributed by atoms with Gasteiger partial charge in [-0.2, -0.15) is 0 Å². The van der Waals surface area contributed by atoms with Crippen LogP contribution in [-0.2, 0) is 0 Å². The number of ether oxygens (including phenoxy) is 1. The first kappa shape index (κ1) is 18.5. The number of aliphatic hydroxyl groups is 1. The van der Waals surface area contributed by atoms with Gasteiger partial charge in [-0.25, -0.2) is 4.79 Å². The summed E-state index contributed by atoms with van der Waals surface area (Å²) in [7, 11) is 3.53. The minimum atomic E-state index is -0.540. The summed E-state index contributed by atoms with van der Waals surface area (Å²) in [6.45, 7) is 7.85. The van der Waals surface area contributed by atoms with Crippen molar-refractivity contribution >= 4 is 6.03 Å². The molecule has 24 heavy (non-hydrogen) atoms. The number of amides is 2. The van der Waals surface area contributed by atoms with Crippen LogP contribution in [-0.4, -0.2) is 85.4 Å². The number of carbonyl (C=O) groups is 1. The largest absolute Gasteiger partial charge is 0.491 e. The summed E-state index contributed by atoms with van der Waals surface area (Å²) in [6.07, 6.45) is -0.540. The molecule has 1 fully saturated rings. The lowest BCUT2D eigenvalue weighted by Gasteiger charge is -2.36. The predicted molar refractivity (Wildman–Crippen MR) is 94.5 cm³/mol. The molecule has 1 aliphatic heterocycles. The fourth-order valence-electron chi connectivity index (χ4n) is 2.96. The van der Waals surface area contributed by atoms with E-state index in [1.165, 1.54) is 0 Å². The Morgan fingerprint density at radius 2 is 1.75 bits per heavy atom. The molecule has 0 aromatic heterocycles. The molecule has 0 spiro atoms. The van der Waals surface area contributed by atoms with E-state index in [-0.39, 0.29) is 12.6 Å². The Morgan fingerprint density at radius 3 is 2.29 bits per heavy atom. The van der Waals surface area contributed by atoms with Gasteiger partial charge in [-0.05, 0) is 37.1 Å². The van der Waals surface area contributed by atoms with Gasteiger partial charge in [-0.15, -0.1) is 0 Å². The molecule has 1 atom stereocenters. The molecule has 1 aliphatic rings. The fourth-order valence-corrected chi connectivity index (χ4v) is 2.96. The van der Waals surface area contributed by atoms with Crippen molar-refractivity contribution in [2.75, 3.05) is 53.4 Å². The van der Waals surface area contributed by atoms with Gasteiger partial charge in [0.15, 0.2) is 0 Å². The number of hydrogen-bond donors (Lipinski definition) is 1. The number of aryl methyl sites for hydroxylation is 2. The third-order valence-corrected chi connectivity index (χ3v) is 4.13. The summed E-state index contributed by atoms with van der Waals surface area (Å²) >= 11 is 0. The number of rotatable bonds is 5. The van der Waals surface area contributed by atoms with E-state index < -0.39 is 6.10 Å². The molecule has 0 bridgehead atoms. The average Bonchev–Trinajstić information content (AvgIpc) is 2.52. The molecule has 1 saturated heterocycles. The van der Waals surface area contributed by atoms with Crippen molar-refractivity contribution in [3.8, 4) is 5.75 Å². The van der Waals surface area contributed by atoms with Crippen molar-refractivity contribution < 1.29 is 14.6 Å². The smallest absolute Gasteiger partial charge is 0.319 e. The van der Waals surface area contributed by atoms with Crippen molar-refractivity contribution in [2.24, 2.45) is 0 Å². The van der Waals surface area contributed by atoms with Crippen LogP contribution >= 0.6 is 0 Å². The highest BCUT2D eigenvalue weighted by atomic mass is 16.5. The van der Waals surface area contributed by atoms with Crippen LogP contribution in [0.5, 0.6) is 5.75 Å². The standard InChI is InChI=1S/C18H29N3O3/c1-14-9-15(2)11-17(10-14)24-13-16(22)12-20-5-7-21(8-6-20)18(23)19(3)4/h9-11,16,22H,5-8,12-13H2,1-4H3. The molecular weight excluding hydrogens is 306 g/mol. The van der Waals surface area contributed by atoms with E-state index in [9.17, 15) is 9.90 Å². The number of nitrogens with zero attached hydrogens (tertiary/aromatic N) is 3. The summed E-state index contributed by atoms with van der Waals surface area (Å²) in [5.74, 6) is 0.799. The zero-order chi connectivity index (χ0) is 17.7. The summed E-state index contributed by atoms with van der Waals surface area (Å²) in [4.78, 5) is 17.5. The van der Waals surface area contributed by atoms with Crippen LogP contribution < -0.4 is 4.74 Å². The first-order valence-electron chi connectivity index (χ1n) is 8.43. The van der Waals surface area contributed by atoms with Crippen molar-refractivity contribution in [3.63, 3.8) is 0 Å². The first-order valence-corrected chi connectivity index (χ1v) is 8.43. The summed E-state index contributed by atoms with van der Waals surface area (Å²) < 4.78 is 5.71. The van der Waals surface area contributed by atoms with Gasteiger partial charge in [-0.1, -0.05) is 6.07 Å². The number of urea groups is 1. The Bertz CT molecular complexity index is 534. The Hall–Kier alpha value is -1.79. The quantitative estimate of drug-likeness (QED) is 0.882. The van der Waals surface area contributed by atoms with Crippen molar-refractivity contribution in [1.82, 2.24) is 14.7 Å². The maximum atomic E-state index is 11.9. The Labute approximate surface area is 144 Å².